The monoisotopic (exact) mass is 319 g/mol. The molecule has 94 valence electrons. The fourth-order valence-electron chi connectivity index (χ4n) is 1.99. The molecule has 2 atom stereocenters. The van der Waals surface area contributed by atoms with Gasteiger partial charge in [-0.3, -0.25) is 0 Å². The highest BCUT2D eigenvalue weighted by Gasteiger charge is 2.26. The Hall–Kier alpha value is -0.360. The van der Waals surface area contributed by atoms with Crippen molar-refractivity contribution in [2.75, 3.05) is 24.5 Å². The van der Waals surface area contributed by atoms with Crippen LogP contribution in [0.25, 0.3) is 0 Å². The van der Waals surface area contributed by atoms with Crippen molar-refractivity contribution in [2.24, 2.45) is 5.73 Å². The first-order valence-corrected chi connectivity index (χ1v) is 6.68. The largest absolute Gasteiger partial charge is 0.370 e. The van der Waals surface area contributed by atoms with Gasteiger partial charge in [-0.05, 0) is 28.9 Å². The van der Waals surface area contributed by atoms with E-state index < -0.39 is 0 Å². The maximum absolute atomic E-state index is 6.20. The Kier molecular flexibility index (Phi) is 4.25. The predicted molar refractivity (Wildman–Crippen MR) is 72.5 cm³/mol. The molecular weight excluding hydrogens is 305 g/mol. The van der Waals surface area contributed by atoms with Gasteiger partial charge in [0.1, 0.15) is 5.82 Å². The molecule has 0 radical (unpaired) electrons. The molecule has 2 heterocycles. The number of hydrogen-bond acceptors (Lipinski definition) is 4. The summed E-state index contributed by atoms with van der Waals surface area (Å²) >= 11 is 9.54. The molecule has 2 N–H and O–H groups in total. The third-order valence-corrected chi connectivity index (χ3v) is 3.39. The average Bonchev–Trinajstić information content (AvgIpc) is 2.28. The molecule has 1 fully saturated rings. The maximum atomic E-state index is 6.20. The van der Waals surface area contributed by atoms with Gasteiger partial charge in [-0.25, -0.2) is 4.98 Å². The number of nitrogens with zero attached hydrogens (tertiary/aromatic N) is 2. The minimum Gasteiger partial charge on any atom is -0.370 e. The predicted octanol–water partition coefficient (Wildman–Crippen LogP) is 2.05. The topological polar surface area (TPSA) is 51.4 Å². The van der Waals surface area contributed by atoms with Crippen molar-refractivity contribution >= 4 is 33.3 Å². The number of rotatable bonds is 2. The van der Waals surface area contributed by atoms with E-state index in [1.54, 1.807) is 6.20 Å². The van der Waals surface area contributed by atoms with Gasteiger partial charge in [0, 0.05) is 30.3 Å². The molecule has 0 aliphatic carbocycles. The van der Waals surface area contributed by atoms with Crippen LogP contribution in [0.3, 0.4) is 0 Å². The zero-order valence-corrected chi connectivity index (χ0v) is 11.9. The molecule has 1 aliphatic rings. The molecule has 0 amide bonds. The Labute approximate surface area is 114 Å². The smallest absolute Gasteiger partial charge is 0.147 e. The van der Waals surface area contributed by atoms with Crippen molar-refractivity contribution in [3.63, 3.8) is 0 Å². The third-order valence-electron chi connectivity index (χ3n) is 2.68. The van der Waals surface area contributed by atoms with Crippen LogP contribution in [0.4, 0.5) is 5.82 Å². The normalized spacial score (nSPS) is 25.1. The molecule has 0 bridgehead atoms. The highest BCUT2D eigenvalue weighted by Crippen LogP contribution is 2.28. The molecule has 4 nitrogen and oxygen atoms in total. The summed E-state index contributed by atoms with van der Waals surface area (Å²) in [5, 5.41) is 0.643. The number of pyridine rings is 1. The third kappa shape index (κ3) is 3.10. The van der Waals surface area contributed by atoms with Crippen LogP contribution in [-0.4, -0.2) is 36.8 Å². The van der Waals surface area contributed by atoms with Crippen LogP contribution < -0.4 is 10.6 Å². The maximum Gasteiger partial charge on any atom is 0.147 e. The van der Waals surface area contributed by atoms with Crippen molar-refractivity contribution < 1.29 is 4.74 Å². The van der Waals surface area contributed by atoms with Gasteiger partial charge < -0.3 is 15.4 Å². The van der Waals surface area contributed by atoms with Gasteiger partial charge in [0.05, 0.1) is 17.2 Å². The number of halogens is 2. The standard InChI is InChI=1S/C11H15BrClN3O/c1-7-5-16(6-9(3-14)17-7)11-10(13)2-8(12)4-15-11/h2,4,7,9H,3,5-6,14H2,1H3. The summed E-state index contributed by atoms with van der Waals surface area (Å²) in [7, 11) is 0. The fourth-order valence-corrected chi connectivity index (χ4v) is 2.74. The second kappa shape index (κ2) is 5.52. The van der Waals surface area contributed by atoms with E-state index in [1.807, 2.05) is 13.0 Å². The Morgan fingerprint density at radius 1 is 1.65 bits per heavy atom. The Balaban J connectivity index is 2.20. The number of morpholine rings is 1. The van der Waals surface area contributed by atoms with Crippen molar-refractivity contribution in [3.05, 3.63) is 21.8 Å². The van der Waals surface area contributed by atoms with Gasteiger partial charge in [-0.1, -0.05) is 11.6 Å². The molecule has 0 spiro atoms. The Morgan fingerprint density at radius 3 is 3.06 bits per heavy atom. The molecule has 17 heavy (non-hydrogen) atoms. The lowest BCUT2D eigenvalue weighted by Crippen LogP contribution is -2.49. The summed E-state index contributed by atoms with van der Waals surface area (Å²) < 4.78 is 6.58. The quantitative estimate of drug-likeness (QED) is 0.906. The summed E-state index contributed by atoms with van der Waals surface area (Å²) in [5.74, 6) is 0.795. The van der Waals surface area contributed by atoms with Crippen LogP contribution in [0, 0.1) is 0 Å². The summed E-state index contributed by atoms with van der Waals surface area (Å²) in [4.78, 5) is 6.48. The van der Waals surface area contributed by atoms with Crippen LogP contribution in [0.15, 0.2) is 16.7 Å². The molecule has 0 aromatic carbocycles. The molecular formula is C11H15BrClN3O. The number of anilines is 1. The van der Waals surface area contributed by atoms with E-state index in [0.717, 1.165) is 23.4 Å². The van der Waals surface area contributed by atoms with Crippen LogP contribution in [0.5, 0.6) is 0 Å². The first-order valence-electron chi connectivity index (χ1n) is 5.51. The van der Waals surface area contributed by atoms with E-state index in [0.29, 0.717) is 11.6 Å². The van der Waals surface area contributed by atoms with Crippen LogP contribution in [-0.2, 0) is 4.74 Å². The summed E-state index contributed by atoms with van der Waals surface area (Å²) in [6, 6.07) is 1.85. The van der Waals surface area contributed by atoms with Gasteiger partial charge in [-0.2, -0.15) is 0 Å². The van der Waals surface area contributed by atoms with Gasteiger partial charge >= 0.3 is 0 Å². The number of hydrogen-bond donors (Lipinski definition) is 1. The Bertz CT molecular complexity index is 404. The lowest BCUT2D eigenvalue weighted by atomic mass is 10.2. The molecule has 6 heteroatoms. The van der Waals surface area contributed by atoms with Crippen LogP contribution in [0.2, 0.25) is 5.02 Å². The number of ether oxygens (including phenoxy) is 1. The van der Waals surface area contributed by atoms with Crippen molar-refractivity contribution in [1.29, 1.82) is 0 Å². The SMILES string of the molecule is CC1CN(c2ncc(Br)cc2Cl)CC(CN)O1. The van der Waals surface area contributed by atoms with Crippen molar-refractivity contribution in [1.82, 2.24) is 4.98 Å². The van der Waals surface area contributed by atoms with E-state index in [1.165, 1.54) is 0 Å². The lowest BCUT2D eigenvalue weighted by Gasteiger charge is -2.37. The molecule has 2 unspecified atom stereocenters. The minimum absolute atomic E-state index is 0.0419. The van der Waals surface area contributed by atoms with E-state index in [2.05, 4.69) is 25.8 Å². The average molecular weight is 321 g/mol. The number of nitrogens with two attached hydrogens (primary N) is 1. The number of aromatic nitrogens is 1. The van der Waals surface area contributed by atoms with Crippen LogP contribution >= 0.6 is 27.5 Å². The van der Waals surface area contributed by atoms with Gasteiger partial charge in [0.2, 0.25) is 0 Å². The van der Waals surface area contributed by atoms with Gasteiger partial charge in [0.25, 0.3) is 0 Å². The van der Waals surface area contributed by atoms with E-state index in [-0.39, 0.29) is 12.2 Å². The molecule has 1 aliphatic heterocycles. The minimum atomic E-state index is 0.0419. The van der Waals surface area contributed by atoms with Crippen LogP contribution in [0.1, 0.15) is 6.92 Å². The fraction of sp³-hybridized carbons (Fsp3) is 0.545. The first-order chi connectivity index (χ1) is 8.10. The summed E-state index contributed by atoms with van der Waals surface area (Å²) in [6.07, 6.45) is 1.93. The second-order valence-electron chi connectivity index (χ2n) is 4.17. The van der Waals surface area contributed by atoms with Gasteiger partial charge in [-0.15, -0.1) is 0 Å². The van der Waals surface area contributed by atoms with E-state index >= 15 is 0 Å². The summed E-state index contributed by atoms with van der Waals surface area (Å²) in [5.41, 5.74) is 5.66. The van der Waals surface area contributed by atoms with E-state index in [9.17, 15) is 0 Å². The second-order valence-corrected chi connectivity index (χ2v) is 5.49. The molecule has 1 aromatic heterocycles. The molecule has 2 rings (SSSR count). The van der Waals surface area contributed by atoms with Crippen molar-refractivity contribution in [3.8, 4) is 0 Å². The zero-order valence-electron chi connectivity index (χ0n) is 9.57. The zero-order chi connectivity index (χ0) is 12.4. The van der Waals surface area contributed by atoms with Crippen molar-refractivity contribution in [2.45, 2.75) is 19.1 Å². The molecule has 1 saturated heterocycles. The molecule has 1 aromatic rings. The Morgan fingerprint density at radius 2 is 2.41 bits per heavy atom. The molecule has 0 saturated carbocycles. The lowest BCUT2D eigenvalue weighted by molar-refractivity contribution is -0.0107. The van der Waals surface area contributed by atoms with E-state index in [4.69, 9.17) is 22.1 Å². The van der Waals surface area contributed by atoms with Gasteiger partial charge in [0.15, 0.2) is 0 Å². The summed E-state index contributed by atoms with van der Waals surface area (Å²) in [6.45, 7) is 4.05. The highest BCUT2D eigenvalue weighted by atomic mass is 79.9. The highest BCUT2D eigenvalue weighted by molar-refractivity contribution is 9.10. The first kappa shape index (κ1) is 13.1.